The molecule has 0 bridgehead atoms. The summed E-state index contributed by atoms with van der Waals surface area (Å²) in [5.41, 5.74) is 2.21. The molecular formula is C19H18N2O5. The highest BCUT2D eigenvalue weighted by Gasteiger charge is 2.33. The van der Waals surface area contributed by atoms with Gasteiger partial charge < -0.3 is 14.7 Å². The number of non-ortho nitro benzene ring substituents is 1. The lowest BCUT2D eigenvalue weighted by atomic mass is 9.99. The van der Waals surface area contributed by atoms with Crippen LogP contribution >= 0.6 is 0 Å². The van der Waals surface area contributed by atoms with E-state index in [0.717, 1.165) is 0 Å². The zero-order chi connectivity index (χ0) is 19.0. The van der Waals surface area contributed by atoms with Crippen molar-refractivity contribution in [2.75, 3.05) is 14.1 Å². The minimum Gasteiger partial charge on any atom is -0.507 e. The second-order valence-corrected chi connectivity index (χ2v) is 6.42. The quantitative estimate of drug-likeness (QED) is 0.514. The van der Waals surface area contributed by atoms with Gasteiger partial charge in [-0.2, -0.15) is 0 Å². The highest BCUT2D eigenvalue weighted by atomic mass is 16.6. The van der Waals surface area contributed by atoms with E-state index in [1.807, 2.05) is 19.0 Å². The molecule has 0 fully saturated rings. The van der Waals surface area contributed by atoms with E-state index in [0.29, 0.717) is 34.5 Å². The SMILES string of the molecule is Cc1cc(O)c(CN(C)C)c2c1C(=O)/C(=C/c1ccc([N+](=O)[O-])cc1)O2. The van der Waals surface area contributed by atoms with Gasteiger partial charge in [0.25, 0.3) is 5.69 Å². The Morgan fingerprint density at radius 3 is 2.50 bits per heavy atom. The Balaban J connectivity index is 2.01. The van der Waals surface area contributed by atoms with E-state index >= 15 is 0 Å². The van der Waals surface area contributed by atoms with Gasteiger partial charge in [0.15, 0.2) is 5.76 Å². The summed E-state index contributed by atoms with van der Waals surface area (Å²) in [4.78, 5) is 24.9. The number of phenolic OH excluding ortho intramolecular Hbond substituents is 1. The van der Waals surface area contributed by atoms with E-state index in [-0.39, 0.29) is 23.0 Å². The third-order valence-electron chi connectivity index (χ3n) is 4.10. The molecule has 0 amide bonds. The molecule has 0 saturated carbocycles. The number of nitrogens with zero attached hydrogens (tertiary/aromatic N) is 2. The van der Waals surface area contributed by atoms with Crippen molar-refractivity contribution in [2.24, 2.45) is 0 Å². The Morgan fingerprint density at radius 2 is 1.92 bits per heavy atom. The van der Waals surface area contributed by atoms with Crippen LogP contribution in [0.1, 0.15) is 27.0 Å². The fourth-order valence-corrected chi connectivity index (χ4v) is 2.89. The van der Waals surface area contributed by atoms with Crippen molar-refractivity contribution in [3.8, 4) is 11.5 Å². The number of rotatable bonds is 4. The number of carbonyl (C=O) groups excluding carboxylic acids is 1. The number of Topliss-reactive ketones (excluding diaryl/α,β-unsaturated/α-hetero) is 1. The predicted molar refractivity (Wildman–Crippen MR) is 96.3 cm³/mol. The normalized spacial score (nSPS) is 14.6. The van der Waals surface area contributed by atoms with Gasteiger partial charge in [0.2, 0.25) is 5.78 Å². The Hall–Kier alpha value is -3.19. The number of fused-ring (bicyclic) bond motifs is 1. The molecule has 2 aromatic carbocycles. The number of aromatic hydroxyl groups is 1. The van der Waals surface area contributed by atoms with Crippen molar-refractivity contribution in [3.05, 3.63) is 68.5 Å². The number of nitro groups is 1. The first-order valence-electron chi connectivity index (χ1n) is 7.97. The molecule has 2 aromatic rings. The maximum atomic E-state index is 12.7. The summed E-state index contributed by atoms with van der Waals surface area (Å²) >= 11 is 0. The van der Waals surface area contributed by atoms with Crippen molar-refractivity contribution in [1.29, 1.82) is 0 Å². The number of ether oxygens (including phenoxy) is 1. The molecule has 3 rings (SSSR count). The molecule has 0 aliphatic carbocycles. The van der Waals surface area contributed by atoms with Crippen molar-refractivity contribution in [3.63, 3.8) is 0 Å². The Bertz CT molecular complexity index is 930. The van der Waals surface area contributed by atoms with Crippen LogP contribution in [-0.4, -0.2) is 34.8 Å². The van der Waals surface area contributed by atoms with Gasteiger partial charge in [-0.3, -0.25) is 14.9 Å². The number of phenols is 1. The molecule has 0 aromatic heterocycles. The highest BCUT2D eigenvalue weighted by molar-refractivity contribution is 6.15. The average Bonchev–Trinajstić information content (AvgIpc) is 2.89. The molecule has 0 unspecified atom stereocenters. The molecule has 7 nitrogen and oxygen atoms in total. The zero-order valence-corrected chi connectivity index (χ0v) is 14.6. The van der Waals surface area contributed by atoms with Crippen LogP contribution < -0.4 is 4.74 Å². The van der Waals surface area contributed by atoms with E-state index in [1.165, 1.54) is 12.1 Å². The number of hydrogen-bond donors (Lipinski definition) is 1. The summed E-state index contributed by atoms with van der Waals surface area (Å²) < 4.78 is 5.79. The van der Waals surface area contributed by atoms with Crippen molar-refractivity contribution in [2.45, 2.75) is 13.5 Å². The third-order valence-corrected chi connectivity index (χ3v) is 4.10. The minimum atomic E-state index is -0.482. The number of ketones is 1. The van der Waals surface area contributed by atoms with Gasteiger partial charge in [-0.05, 0) is 56.4 Å². The zero-order valence-electron chi connectivity index (χ0n) is 14.6. The number of allylic oxidation sites excluding steroid dienone is 1. The topological polar surface area (TPSA) is 92.9 Å². The number of aryl methyl sites for hydroxylation is 1. The van der Waals surface area contributed by atoms with Crippen molar-refractivity contribution >= 4 is 17.5 Å². The highest BCUT2D eigenvalue weighted by Crippen LogP contribution is 2.42. The Labute approximate surface area is 150 Å². The summed E-state index contributed by atoms with van der Waals surface area (Å²) in [5, 5.41) is 21.0. The second kappa shape index (κ2) is 6.61. The van der Waals surface area contributed by atoms with Gasteiger partial charge in [-0.1, -0.05) is 0 Å². The lowest BCUT2D eigenvalue weighted by Gasteiger charge is -2.15. The first-order valence-corrected chi connectivity index (χ1v) is 7.97. The molecule has 7 heteroatoms. The minimum absolute atomic E-state index is 0.0249. The monoisotopic (exact) mass is 354 g/mol. The number of benzene rings is 2. The van der Waals surface area contributed by atoms with E-state index in [2.05, 4.69) is 0 Å². The molecule has 0 radical (unpaired) electrons. The lowest BCUT2D eigenvalue weighted by Crippen LogP contribution is -2.12. The van der Waals surface area contributed by atoms with Crippen molar-refractivity contribution in [1.82, 2.24) is 4.90 Å². The Morgan fingerprint density at radius 1 is 1.27 bits per heavy atom. The van der Waals surface area contributed by atoms with Gasteiger partial charge in [0, 0.05) is 18.7 Å². The first-order chi connectivity index (χ1) is 12.3. The van der Waals surface area contributed by atoms with Crippen LogP contribution in [-0.2, 0) is 6.54 Å². The van der Waals surface area contributed by atoms with Crippen molar-refractivity contribution < 1.29 is 19.6 Å². The summed E-state index contributed by atoms with van der Waals surface area (Å²) in [6, 6.07) is 7.40. The summed E-state index contributed by atoms with van der Waals surface area (Å²) in [6.07, 6.45) is 1.54. The average molecular weight is 354 g/mol. The van der Waals surface area contributed by atoms with Crippen LogP contribution in [0.25, 0.3) is 6.08 Å². The lowest BCUT2D eigenvalue weighted by molar-refractivity contribution is -0.384. The molecule has 1 aliphatic heterocycles. The molecule has 1 heterocycles. The van der Waals surface area contributed by atoms with Crippen LogP contribution in [0.4, 0.5) is 5.69 Å². The summed E-state index contributed by atoms with van der Waals surface area (Å²) in [7, 11) is 3.71. The standard InChI is InChI=1S/C19H18N2O5/c1-11-8-15(22)14(10-20(2)3)19-17(11)18(23)16(26-19)9-12-4-6-13(7-5-12)21(24)25/h4-9,22H,10H2,1-3H3/b16-9-. The van der Waals surface area contributed by atoms with Crippen LogP contribution in [0.3, 0.4) is 0 Å². The molecular weight excluding hydrogens is 336 g/mol. The van der Waals surface area contributed by atoms with Crippen LogP contribution in [0, 0.1) is 17.0 Å². The molecule has 0 saturated heterocycles. The van der Waals surface area contributed by atoms with E-state index in [9.17, 15) is 20.0 Å². The van der Waals surface area contributed by atoms with Gasteiger partial charge >= 0.3 is 0 Å². The van der Waals surface area contributed by atoms with Crippen LogP contribution in [0.15, 0.2) is 36.1 Å². The summed E-state index contributed by atoms with van der Waals surface area (Å²) in [6.45, 7) is 2.17. The number of carbonyl (C=O) groups is 1. The summed E-state index contributed by atoms with van der Waals surface area (Å²) in [5.74, 6) is 0.312. The molecule has 134 valence electrons. The maximum Gasteiger partial charge on any atom is 0.269 e. The second-order valence-electron chi connectivity index (χ2n) is 6.42. The van der Waals surface area contributed by atoms with E-state index in [1.54, 1.807) is 31.2 Å². The van der Waals surface area contributed by atoms with Gasteiger partial charge in [0.1, 0.15) is 11.5 Å². The van der Waals surface area contributed by atoms with E-state index in [4.69, 9.17) is 4.74 Å². The number of nitro benzene ring substituents is 1. The fourth-order valence-electron chi connectivity index (χ4n) is 2.89. The smallest absolute Gasteiger partial charge is 0.269 e. The molecule has 0 atom stereocenters. The third kappa shape index (κ3) is 3.16. The molecule has 1 aliphatic rings. The first kappa shape index (κ1) is 17.6. The van der Waals surface area contributed by atoms with Gasteiger partial charge in [-0.15, -0.1) is 0 Å². The van der Waals surface area contributed by atoms with Crippen LogP contribution in [0.5, 0.6) is 11.5 Å². The van der Waals surface area contributed by atoms with Gasteiger partial charge in [0.05, 0.1) is 16.1 Å². The maximum absolute atomic E-state index is 12.7. The largest absolute Gasteiger partial charge is 0.507 e. The Kier molecular flexibility index (Phi) is 4.48. The van der Waals surface area contributed by atoms with Gasteiger partial charge in [-0.25, -0.2) is 0 Å². The fraction of sp³-hybridized carbons (Fsp3) is 0.211. The molecule has 1 N–H and O–H groups in total. The van der Waals surface area contributed by atoms with E-state index < -0.39 is 4.92 Å². The predicted octanol–water partition coefficient (Wildman–Crippen LogP) is 3.29. The van der Waals surface area contributed by atoms with Crippen LogP contribution in [0.2, 0.25) is 0 Å². The number of hydrogen-bond acceptors (Lipinski definition) is 6. The molecule has 0 spiro atoms. The molecule has 26 heavy (non-hydrogen) atoms.